The van der Waals surface area contributed by atoms with E-state index in [1.807, 2.05) is 60.7 Å². The molecule has 4 heteroatoms. The van der Waals surface area contributed by atoms with Crippen LogP contribution in [0.2, 0.25) is 0 Å². The van der Waals surface area contributed by atoms with Crippen LogP contribution in [0, 0.1) is 0 Å². The van der Waals surface area contributed by atoms with Crippen LogP contribution in [-0.4, -0.2) is 5.88 Å². The molecule has 0 aliphatic carbocycles. The second kappa shape index (κ2) is 7.77. The number of benzene rings is 2. The Bertz CT molecular complexity index is 538. The van der Waals surface area contributed by atoms with Gasteiger partial charge in [0.1, 0.15) is 11.5 Å². The summed E-state index contributed by atoms with van der Waals surface area (Å²) in [6.07, 6.45) is 0. The smallest absolute Gasteiger partial charge is 0.331 e. The fraction of sp³-hybridized carbons (Fsp3) is 0.0625. The average molecular weight is 305 g/mol. The van der Waals surface area contributed by atoms with E-state index in [0.29, 0.717) is 0 Å². The summed E-state index contributed by atoms with van der Waals surface area (Å²) in [5.41, 5.74) is 2.81. The van der Waals surface area contributed by atoms with Gasteiger partial charge in [0, 0.05) is 0 Å². The number of hydrogen-bond acceptors (Lipinski definition) is 2. The van der Waals surface area contributed by atoms with Crippen LogP contribution in [0.1, 0.15) is 0 Å². The van der Waals surface area contributed by atoms with Gasteiger partial charge in [-0.1, -0.05) is 43.0 Å². The Morgan fingerprint density at radius 3 is 1.75 bits per heavy atom. The first-order chi connectivity index (χ1) is 9.83. The topological polar surface area (TPSA) is 18.5 Å². The molecule has 0 saturated heterocycles. The van der Waals surface area contributed by atoms with E-state index in [4.69, 9.17) is 20.6 Å². The molecule has 2 aromatic rings. The summed E-state index contributed by atoms with van der Waals surface area (Å²) in [7, 11) is -1.37. The molecule has 0 saturated carbocycles. The molecule has 2 aromatic carbocycles. The van der Waals surface area contributed by atoms with Crippen LogP contribution in [0.5, 0.6) is 11.5 Å². The quantitative estimate of drug-likeness (QED) is 0.406. The zero-order valence-corrected chi connectivity index (χ0v) is 12.5. The normalized spacial score (nSPS) is 9.90. The van der Waals surface area contributed by atoms with Crippen molar-refractivity contribution < 1.29 is 9.05 Å². The number of alkyl halides is 1. The van der Waals surface area contributed by atoms with E-state index in [9.17, 15) is 0 Å². The number of rotatable bonds is 6. The molecule has 102 valence electrons. The van der Waals surface area contributed by atoms with Crippen molar-refractivity contribution in [2.24, 2.45) is 0 Å². The zero-order valence-electron chi connectivity index (χ0n) is 10.8. The summed E-state index contributed by atoms with van der Waals surface area (Å²) in [5, 5.41) is 0.717. The lowest BCUT2D eigenvalue weighted by Gasteiger charge is -2.18. The van der Waals surface area contributed by atoms with Gasteiger partial charge in [-0.2, -0.15) is 0 Å². The molecule has 20 heavy (non-hydrogen) atoms. The Morgan fingerprint density at radius 2 is 1.40 bits per heavy atom. The van der Waals surface area contributed by atoms with Crippen molar-refractivity contribution >= 4 is 20.0 Å². The van der Waals surface area contributed by atoms with Gasteiger partial charge in [0.15, 0.2) is 0 Å². The van der Waals surface area contributed by atoms with Crippen LogP contribution >= 0.6 is 20.0 Å². The molecule has 0 atom stereocenters. The fourth-order valence-electron chi connectivity index (χ4n) is 1.44. The van der Waals surface area contributed by atoms with Crippen molar-refractivity contribution in [2.75, 3.05) is 5.88 Å². The maximum Gasteiger partial charge on any atom is 0.331 e. The maximum absolute atomic E-state index is 5.91. The van der Waals surface area contributed by atoms with Crippen molar-refractivity contribution in [3.63, 3.8) is 0 Å². The van der Waals surface area contributed by atoms with E-state index < -0.39 is 8.38 Å². The highest BCUT2D eigenvalue weighted by atomic mass is 35.5. The largest absolute Gasteiger partial charge is 0.435 e. The minimum absolute atomic E-state index is 0.273. The Labute approximate surface area is 125 Å². The third-order valence-electron chi connectivity index (χ3n) is 2.41. The number of hydrogen-bond donors (Lipinski definition) is 0. The van der Waals surface area contributed by atoms with E-state index in [2.05, 4.69) is 12.3 Å². The van der Waals surface area contributed by atoms with Crippen molar-refractivity contribution in [2.45, 2.75) is 0 Å². The minimum Gasteiger partial charge on any atom is -0.435 e. The summed E-state index contributed by atoms with van der Waals surface area (Å²) in [6.45, 7) is 3.65. The molecule has 0 amide bonds. The van der Waals surface area contributed by atoms with E-state index in [0.717, 1.165) is 16.8 Å². The molecule has 0 aliphatic heterocycles. The second-order valence-corrected chi connectivity index (χ2v) is 5.51. The summed E-state index contributed by atoms with van der Waals surface area (Å²) >= 11 is 5.91. The Morgan fingerprint density at radius 1 is 0.950 bits per heavy atom. The van der Waals surface area contributed by atoms with Gasteiger partial charge < -0.3 is 9.05 Å². The Hall–Kier alpha value is -1.72. The molecule has 0 radical (unpaired) electrons. The van der Waals surface area contributed by atoms with Gasteiger partial charge in [-0.3, -0.25) is 0 Å². The first kappa shape index (κ1) is 14.7. The lowest BCUT2D eigenvalue weighted by molar-refractivity contribution is 0.497. The maximum atomic E-state index is 5.91. The molecule has 0 aliphatic rings. The van der Waals surface area contributed by atoms with Gasteiger partial charge in [-0.05, 0) is 24.3 Å². The van der Waals surface area contributed by atoms with Gasteiger partial charge >= 0.3 is 8.38 Å². The third-order valence-corrected chi connectivity index (χ3v) is 4.38. The predicted octanol–water partition coefficient (Wildman–Crippen LogP) is 5.36. The summed E-state index contributed by atoms with van der Waals surface area (Å²) < 4.78 is 11.8. The van der Waals surface area contributed by atoms with Crippen LogP contribution in [0.4, 0.5) is 0 Å². The molecule has 0 aromatic heterocycles. The fourth-order valence-corrected chi connectivity index (χ4v) is 2.94. The van der Waals surface area contributed by atoms with Crippen LogP contribution in [0.25, 0.3) is 0 Å². The Kier molecular flexibility index (Phi) is 5.70. The van der Waals surface area contributed by atoms with Gasteiger partial charge in [-0.15, -0.1) is 17.3 Å². The highest BCUT2D eigenvalue weighted by Crippen LogP contribution is 2.47. The van der Waals surface area contributed by atoms with Crippen molar-refractivity contribution in [3.8, 4) is 11.5 Å². The lowest BCUT2D eigenvalue weighted by Crippen LogP contribution is -1.99. The highest BCUT2D eigenvalue weighted by Gasteiger charge is 2.20. The molecule has 0 bridgehead atoms. The van der Waals surface area contributed by atoms with Crippen LogP contribution in [0.3, 0.4) is 0 Å². The van der Waals surface area contributed by atoms with Crippen LogP contribution in [-0.2, 0) is 0 Å². The van der Waals surface area contributed by atoms with Crippen LogP contribution in [0.15, 0.2) is 78.3 Å². The minimum atomic E-state index is -1.37. The summed E-state index contributed by atoms with van der Waals surface area (Å²) in [6, 6.07) is 19.0. The van der Waals surface area contributed by atoms with Crippen molar-refractivity contribution in [3.05, 3.63) is 78.3 Å². The zero-order chi connectivity index (χ0) is 14.2. The molecular formula is C16H14ClO2P. The molecule has 2 rings (SSSR count). The van der Waals surface area contributed by atoms with Crippen molar-refractivity contribution in [1.82, 2.24) is 0 Å². The highest BCUT2D eigenvalue weighted by molar-refractivity contribution is 7.53. The van der Waals surface area contributed by atoms with Crippen molar-refractivity contribution in [1.29, 1.82) is 0 Å². The van der Waals surface area contributed by atoms with Gasteiger partial charge in [0.25, 0.3) is 0 Å². The SMILES string of the molecule is C=C=C(CCl)P(Oc1ccccc1)Oc1ccccc1. The van der Waals surface area contributed by atoms with E-state index in [1.54, 1.807) is 0 Å². The first-order valence-corrected chi connectivity index (χ1v) is 7.75. The molecule has 0 heterocycles. The third kappa shape index (κ3) is 4.15. The second-order valence-electron chi connectivity index (χ2n) is 3.82. The molecule has 0 spiro atoms. The molecule has 0 unspecified atom stereocenters. The van der Waals surface area contributed by atoms with Gasteiger partial charge in [-0.25, -0.2) is 0 Å². The van der Waals surface area contributed by atoms with E-state index in [1.165, 1.54) is 0 Å². The molecule has 0 fully saturated rings. The summed E-state index contributed by atoms with van der Waals surface area (Å²) in [5.74, 6) is 1.73. The van der Waals surface area contributed by atoms with E-state index in [-0.39, 0.29) is 5.88 Å². The van der Waals surface area contributed by atoms with E-state index >= 15 is 0 Å². The summed E-state index contributed by atoms with van der Waals surface area (Å²) in [4.78, 5) is 0. The average Bonchev–Trinajstić information content (AvgIpc) is 2.50. The Balaban J connectivity index is 2.19. The van der Waals surface area contributed by atoms with Gasteiger partial charge in [0.05, 0.1) is 11.2 Å². The number of para-hydroxylation sites is 2. The first-order valence-electron chi connectivity index (χ1n) is 6.04. The predicted molar refractivity (Wildman–Crippen MR) is 84.4 cm³/mol. The molecular weight excluding hydrogens is 291 g/mol. The molecule has 2 nitrogen and oxygen atoms in total. The van der Waals surface area contributed by atoms with Gasteiger partial charge in [0.2, 0.25) is 0 Å². The van der Waals surface area contributed by atoms with Crippen LogP contribution < -0.4 is 9.05 Å². The number of allylic oxidation sites excluding steroid dienone is 1. The molecule has 0 N–H and O–H groups in total. The monoisotopic (exact) mass is 304 g/mol. The standard InChI is InChI=1S/C16H14ClO2P/c1-2-16(13-17)20(18-14-9-5-3-6-10-14)19-15-11-7-4-8-12-15/h3-12H,1,13H2. The number of halogens is 1. The lowest BCUT2D eigenvalue weighted by atomic mass is 10.3.